The summed E-state index contributed by atoms with van der Waals surface area (Å²) in [5.41, 5.74) is 0. The molecule has 0 aliphatic carbocycles. The molecule has 0 aromatic carbocycles. The second-order valence-corrected chi connectivity index (χ2v) is 20.0. The van der Waals surface area contributed by atoms with Gasteiger partial charge in [-0.1, -0.05) is 254 Å². The van der Waals surface area contributed by atoms with Crippen molar-refractivity contribution in [2.45, 2.75) is 303 Å². The van der Waals surface area contributed by atoms with Crippen LogP contribution in [0.4, 0.5) is 0 Å². The fourth-order valence-electron chi connectivity index (χ4n) is 8.44. The first-order valence-electron chi connectivity index (χ1n) is 30.0. The number of esters is 3. The fraction of sp³-hybridized carbons (Fsp3) is 0.766. The SMILES string of the molecule is CCCCC\C=C/C=C\C=C/C=C\CCCCCCCC(=O)OCC(COC(=O)CCCCCCC/C=C\CCCCCCCCC)OC(=O)CCCCCCC/C=C\CCCCCCCCCCC. The molecule has 0 aliphatic heterocycles. The Morgan fingerprint density at radius 2 is 0.529 bits per heavy atom. The van der Waals surface area contributed by atoms with Gasteiger partial charge in [0.15, 0.2) is 6.10 Å². The highest BCUT2D eigenvalue weighted by atomic mass is 16.6. The zero-order valence-corrected chi connectivity index (χ0v) is 46.3. The Hall–Kier alpha value is -3.15. The van der Waals surface area contributed by atoms with E-state index in [1.54, 1.807) is 0 Å². The molecule has 0 heterocycles. The molecule has 0 fully saturated rings. The lowest BCUT2D eigenvalue weighted by atomic mass is 10.1. The molecule has 0 aromatic rings. The van der Waals surface area contributed by atoms with Gasteiger partial charge in [-0.05, 0) is 96.3 Å². The Kier molecular flexibility index (Phi) is 55.8. The maximum atomic E-state index is 12.9. The topological polar surface area (TPSA) is 78.9 Å². The minimum absolute atomic E-state index is 0.0901. The lowest BCUT2D eigenvalue weighted by Crippen LogP contribution is -2.30. The monoisotopic (exact) mass is 977 g/mol. The lowest BCUT2D eigenvalue weighted by Gasteiger charge is -2.18. The van der Waals surface area contributed by atoms with E-state index in [2.05, 4.69) is 93.7 Å². The van der Waals surface area contributed by atoms with E-state index in [1.807, 2.05) is 0 Å². The molecule has 0 aromatic heterocycles. The van der Waals surface area contributed by atoms with Crippen LogP contribution < -0.4 is 0 Å². The quantitative estimate of drug-likeness (QED) is 0.0199. The van der Waals surface area contributed by atoms with Crippen molar-refractivity contribution in [1.29, 1.82) is 0 Å². The Bertz CT molecular complexity index is 1310. The van der Waals surface area contributed by atoms with Crippen molar-refractivity contribution in [3.8, 4) is 0 Å². The predicted octanol–water partition coefficient (Wildman–Crippen LogP) is 20.2. The summed E-state index contributed by atoms with van der Waals surface area (Å²) < 4.78 is 16.9. The summed E-state index contributed by atoms with van der Waals surface area (Å²) in [4.78, 5) is 38.2. The van der Waals surface area contributed by atoms with Gasteiger partial charge in [-0.2, -0.15) is 0 Å². The fourth-order valence-corrected chi connectivity index (χ4v) is 8.44. The first-order valence-corrected chi connectivity index (χ1v) is 30.0. The number of rotatable bonds is 54. The molecule has 0 saturated heterocycles. The van der Waals surface area contributed by atoms with Gasteiger partial charge in [0.25, 0.3) is 0 Å². The highest BCUT2D eigenvalue weighted by molar-refractivity contribution is 5.71. The molecule has 0 saturated carbocycles. The molecular formula is C64H112O6. The zero-order chi connectivity index (χ0) is 50.7. The maximum Gasteiger partial charge on any atom is 0.306 e. The van der Waals surface area contributed by atoms with Crippen LogP contribution in [0.2, 0.25) is 0 Å². The second-order valence-electron chi connectivity index (χ2n) is 20.0. The van der Waals surface area contributed by atoms with Crippen LogP contribution in [-0.4, -0.2) is 37.2 Å². The van der Waals surface area contributed by atoms with Crippen LogP contribution >= 0.6 is 0 Å². The minimum Gasteiger partial charge on any atom is -0.462 e. The molecule has 0 spiro atoms. The predicted molar refractivity (Wildman–Crippen MR) is 302 cm³/mol. The molecule has 70 heavy (non-hydrogen) atoms. The number of unbranched alkanes of at least 4 members (excludes halogenated alkanes) is 34. The summed E-state index contributed by atoms with van der Waals surface area (Å²) in [7, 11) is 0. The molecule has 6 nitrogen and oxygen atoms in total. The highest BCUT2D eigenvalue weighted by Gasteiger charge is 2.19. The van der Waals surface area contributed by atoms with Gasteiger partial charge < -0.3 is 14.2 Å². The van der Waals surface area contributed by atoms with Gasteiger partial charge in [0, 0.05) is 19.3 Å². The molecule has 0 amide bonds. The van der Waals surface area contributed by atoms with E-state index in [1.165, 1.54) is 154 Å². The van der Waals surface area contributed by atoms with Crippen molar-refractivity contribution in [2.75, 3.05) is 13.2 Å². The van der Waals surface area contributed by atoms with Crippen molar-refractivity contribution in [1.82, 2.24) is 0 Å². The van der Waals surface area contributed by atoms with E-state index < -0.39 is 6.10 Å². The van der Waals surface area contributed by atoms with Crippen LogP contribution in [0, 0.1) is 0 Å². The summed E-state index contributed by atoms with van der Waals surface area (Å²) in [5, 5.41) is 0. The zero-order valence-electron chi connectivity index (χ0n) is 46.3. The largest absolute Gasteiger partial charge is 0.462 e. The van der Waals surface area contributed by atoms with Crippen LogP contribution in [0.25, 0.3) is 0 Å². The average molecular weight is 978 g/mol. The molecule has 0 rings (SSSR count). The van der Waals surface area contributed by atoms with Crippen molar-refractivity contribution in [3.05, 3.63) is 72.9 Å². The van der Waals surface area contributed by atoms with Crippen molar-refractivity contribution >= 4 is 17.9 Å². The number of hydrogen-bond donors (Lipinski definition) is 0. The van der Waals surface area contributed by atoms with Gasteiger partial charge in [-0.15, -0.1) is 0 Å². The maximum absolute atomic E-state index is 12.9. The van der Waals surface area contributed by atoms with Crippen LogP contribution in [0.1, 0.15) is 297 Å². The van der Waals surface area contributed by atoms with Gasteiger partial charge in [0.1, 0.15) is 13.2 Å². The van der Waals surface area contributed by atoms with Crippen LogP contribution in [0.15, 0.2) is 72.9 Å². The van der Waals surface area contributed by atoms with Crippen LogP contribution in [0.5, 0.6) is 0 Å². The summed E-state index contributed by atoms with van der Waals surface area (Å²) in [6.07, 6.45) is 74.6. The molecule has 0 aliphatic rings. The summed E-state index contributed by atoms with van der Waals surface area (Å²) in [6.45, 7) is 6.59. The van der Waals surface area contributed by atoms with E-state index in [0.717, 1.165) is 103 Å². The Labute approximate surface area is 433 Å². The van der Waals surface area contributed by atoms with E-state index in [-0.39, 0.29) is 31.1 Å². The smallest absolute Gasteiger partial charge is 0.306 e. The first kappa shape index (κ1) is 66.9. The lowest BCUT2D eigenvalue weighted by molar-refractivity contribution is -0.167. The van der Waals surface area contributed by atoms with Gasteiger partial charge in [0.2, 0.25) is 0 Å². The Morgan fingerprint density at radius 1 is 0.286 bits per heavy atom. The molecule has 0 bridgehead atoms. The number of allylic oxidation sites excluding steroid dienone is 12. The molecule has 1 unspecified atom stereocenters. The van der Waals surface area contributed by atoms with E-state index in [0.29, 0.717) is 19.3 Å². The molecule has 6 heteroatoms. The third kappa shape index (κ3) is 55.8. The van der Waals surface area contributed by atoms with Crippen LogP contribution in [-0.2, 0) is 28.6 Å². The molecule has 404 valence electrons. The van der Waals surface area contributed by atoms with Gasteiger partial charge in [-0.3, -0.25) is 14.4 Å². The molecule has 0 N–H and O–H groups in total. The van der Waals surface area contributed by atoms with Gasteiger partial charge in [0.05, 0.1) is 0 Å². The second kappa shape index (κ2) is 58.4. The average Bonchev–Trinajstić information content (AvgIpc) is 3.36. The number of carbonyl (C=O) groups excluding carboxylic acids is 3. The van der Waals surface area contributed by atoms with Crippen molar-refractivity contribution in [2.24, 2.45) is 0 Å². The number of carbonyl (C=O) groups is 3. The molecule has 0 radical (unpaired) electrons. The summed E-state index contributed by atoms with van der Waals surface area (Å²) in [6, 6.07) is 0. The third-order valence-corrected chi connectivity index (χ3v) is 13.0. The van der Waals surface area contributed by atoms with E-state index in [9.17, 15) is 14.4 Å². The Morgan fingerprint density at radius 3 is 0.871 bits per heavy atom. The molecule has 1 atom stereocenters. The van der Waals surface area contributed by atoms with Crippen molar-refractivity contribution in [3.63, 3.8) is 0 Å². The first-order chi connectivity index (χ1) is 34.5. The van der Waals surface area contributed by atoms with E-state index in [4.69, 9.17) is 14.2 Å². The molecular weight excluding hydrogens is 865 g/mol. The van der Waals surface area contributed by atoms with Crippen molar-refractivity contribution < 1.29 is 28.6 Å². The van der Waals surface area contributed by atoms with E-state index >= 15 is 0 Å². The third-order valence-electron chi connectivity index (χ3n) is 13.0. The summed E-state index contributed by atoms with van der Waals surface area (Å²) in [5.74, 6) is -0.919. The normalized spacial score (nSPS) is 12.6. The van der Waals surface area contributed by atoms with Gasteiger partial charge >= 0.3 is 17.9 Å². The number of hydrogen-bond acceptors (Lipinski definition) is 6. The van der Waals surface area contributed by atoms with Crippen LogP contribution in [0.3, 0.4) is 0 Å². The Balaban J connectivity index is 4.45. The minimum atomic E-state index is -0.794. The number of ether oxygens (including phenoxy) is 3. The standard InChI is InChI=1S/C64H112O6/c1-4-7-10-13-16-19-22-25-28-31-33-36-39-42-45-48-51-54-57-63(66)69-60-61(59-68-62(65)56-53-50-47-44-41-38-35-30-27-24-21-18-15-12-9-6-3)70-64(67)58-55-52-49-46-43-40-37-34-32-29-26-23-20-17-14-11-8-5-2/h16,19,22,25,28,30-31,33-37,61H,4-15,17-18,20-21,23-24,26-27,29,32,38-60H2,1-3H3/b19-16-,25-22-,31-28-,35-30-,36-33-,37-34-. The highest BCUT2D eigenvalue weighted by Crippen LogP contribution is 2.15. The van der Waals surface area contributed by atoms with Gasteiger partial charge in [-0.25, -0.2) is 0 Å². The summed E-state index contributed by atoms with van der Waals surface area (Å²) >= 11 is 0.